The summed E-state index contributed by atoms with van der Waals surface area (Å²) in [6, 6.07) is 7.03. The molecule has 2 rings (SSSR count). The molecule has 1 fully saturated rings. The minimum Gasteiger partial charge on any atom is -0.381 e. The van der Waals surface area contributed by atoms with Crippen LogP contribution < -0.4 is 5.32 Å². The van der Waals surface area contributed by atoms with Crippen molar-refractivity contribution in [3.63, 3.8) is 0 Å². The zero-order valence-corrected chi connectivity index (χ0v) is 15.0. The predicted octanol–water partition coefficient (Wildman–Crippen LogP) is 4.52. The van der Waals surface area contributed by atoms with Gasteiger partial charge in [-0.05, 0) is 78.1 Å². The number of hydrogen-bond acceptors (Lipinski definition) is 2. The first kappa shape index (κ1) is 15.7. The molecule has 0 bridgehead atoms. The molecule has 4 heteroatoms. The van der Waals surface area contributed by atoms with Gasteiger partial charge < -0.3 is 10.1 Å². The lowest BCUT2D eigenvalue weighted by molar-refractivity contribution is 0.0605. The number of ether oxygens (including phenoxy) is 1. The van der Waals surface area contributed by atoms with Gasteiger partial charge in [-0.3, -0.25) is 0 Å². The van der Waals surface area contributed by atoms with Crippen molar-refractivity contribution in [2.24, 2.45) is 5.92 Å². The topological polar surface area (TPSA) is 21.3 Å². The molecule has 19 heavy (non-hydrogen) atoms. The molecule has 0 aliphatic carbocycles. The fourth-order valence-electron chi connectivity index (χ4n) is 2.66. The van der Waals surface area contributed by atoms with Crippen LogP contribution in [0.1, 0.15) is 37.8 Å². The maximum absolute atomic E-state index is 5.46. The highest BCUT2D eigenvalue weighted by molar-refractivity contribution is 14.1. The third kappa shape index (κ3) is 4.69. The number of rotatable bonds is 5. The van der Waals surface area contributed by atoms with Gasteiger partial charge in [0.05, 0.1) is 0 Å². The van der Waals surface area contributed by atoms with E-state index in [9.17, 15) is 0 Å². The molecule has 1 aromatic carbocycles. The van der Waals surface area contributed by atoms with E-state index in [-0.39, 0.29) is 0 Å². The van der Waals surface area contributed by atoms with Crippen LogP contribution >= 0.6 is 38.5 Å². The highest BCUT2D eigenvalue weighted by atomic mass is 127. The third-order valence-electron chi connectivity index (χ3n) is 3.69. The maximum Gasteiger partial charge on any atom is 0.0468 e. The van der Waals surface area contributed by atoms with Crippen molar-refractivity contribution < 1.29 is 4.74 Å². The van der Waals surface area contributed by atoms with E-state index in [0.717, 1.165) is 25.7 Å². The van der Waals surface area contributed by atoms with Gasteiger partial charge in [-0.1, -0.05) is 22.9 Å². The molecular weight excluding hydrogens is 417 g/mol. The molecule has 1 aliphatic rings. The van der Waals surface area contributed by atoms with Gasteiger partial charge in [0.1, 0.15) is 0 Å². The summed E-state index contributed by atoms with van der Waals surface area (Å²) in [6.45, 7) is 5.04. The van der Waals surface area contributed by atoms with E-state index in [1.165, 1.54) is 32.9 Å². The molecule has 0 saturated carbocycles. The van der Waals surface area contributed by atoms with Crippen molar-refractivity contribution in [3.05, 3.63) is 31.8 Å². The first-order valence-corrected chi connectivity index (χ1v) is 8.84. The second-order valence-electron chi connectivity index (χ2n) is 5.07. The maximum atomic E-state index is 5.46. The fourth-order valence-corrected chi connectivity index (χ4v) is 3.70. The number of halogens is 2. The summed E-state index contributed by atoms with van der Waals surface area (Å²) in [5, 5.41) is 3.64. The van der Waals surface area contributed by atoms with Gasteiger partial charge in [-0.15, -0.1) is 0 Å². The zero-order chi connectivity index (χ0) is 13.7. The summed E-state index contributed by atoms with van der Waals surface area (Å²) in [5.41, 5.74) is 1.39. The molecule has 2 nitrogen and oxygen atoms in total. The van der Waals surface area contributed by atoms with Crippen molar-refractivity contribution in [2.45, 2.75) is 32.2 Å². The molecule has 1 unspecified atom stereocenters. The van der Waals surface area contributed by atoms with E-state index < -0.39 is 0 Å². The van der Waals surface area contributed by atoms with Crippen LogP contribution in [0.25, 0.3) is 0 Å². The van der Waals surface area contributed by atoms with E-state index in [4.69, 9.17) is 4.74 Å². The first-order chi connectivity index (χ1) is 9.20. The predicted molar refractivity (Wildman–Crippen MR) is 91.4 cm³/mol. The molecule has 1 atom stereocenters. The average molecular weight is 438 g/mol. The number of hydrogen-bond donors (Lipinski definition) is 1. The minimum absolute atomic E-state index is 0.442. The second kappa shape index (κ2) is 7.96. The number of benzene rings is 1. The molecule has 1 heterocycles. The first-order valence-electron chi connectivity index (χ1n) is 6.96. The number of nitrogens with one attached hydrogen (secondary N) is 1. The Labute approximate surface area is 138 Å². The van der Waals surface area contributed by atoms with Crippen molar-refractivity contribution in [2.75, 3.05) is 19.8 Å². The lowest BCUT2D eigenvalue weighted by Gasteiger charge is -2.28. The van der Waals surface area contributed by atoms with Gasteiger partial charge in [0, 0.05) is 27.3 Å². The Hall–Kier alpha value is 0.350. The quantitative estimate of drug-likeness (QED) is 0.683. The smallest absolute Gasteiger partial charge is 0.0468 e. The van der Waals surface area contributed by atoms with Crippen molar-refractivity contribution in [1.29, 1.82) is 0 Å². The van der Waals surface area contributed by atoms with Crippen LogP contribution in [0.15, 0.2) is 22.7 Å². The normalized spacial score (nSPS) is 18.5. The van der Waals surface area contributed by atoms with Crippen LogP contribution in [0, 0.1) is 9.49 Å². The Bertz CT molecular complexity index is 407. The SMILES string of the molecule is CCNC(CC1CCOCC1)c1cc(I)ccc1Br. The van der Waals surface area contributed by atoms with Gasteiger partial charge >= 0.3 is 0 Å². The van der Waals surface area contributed by atoms with E-state index in [1.807, 2.05) is 0 Å². The molecule has 106 valence electrons. The van der Waals surface area contributed by atoms with Gasteiger partial charge in [-0.25, -0.2) is 0 Å². The summed E-state index contributed by atoms with van der Waals surface area (Å²) >= 11 is 6.08. The molecule has 1 aromatic rings. The Morgan fingerprint density at radius 3 is 2.84 bits per heavy atom. The van der Waals surface area contributed by atoms with Crippen molar-refractivity contribution in [1.82, 2.24) is 5.32 Å². The van der Waals surface area contributed by atoms with Crippen molar-refractivity contribution >= 4 is 38.5 Å². The van der Waals surface area contributed by atoms with Gasteiger partial charge in [0.25, 0.3) is 0 Å². The van der Waals surface area contributed by atoms with Gasteiger partial charge in [0.15, 0.2) is 0 Å². The summed E-state index contributed by atoms with van der Waals surface area (Å²) in [5.74, 6) is 0.780. The van der Waals surface area contributed by atoms with Crippen LogP contribution in [0.5, 0.6) is 0 Å². The molecule has 0 radical (unpaired) electrons. The second-order valence-corrected chi connectivity index (χ2v) is 7.17. The summed E-state index contributed by atoms with van der Waals surface area (Å²) in [4.78, 5) is 0. The van der Waals surface area contributed by atoms with Crippen LogP contribution in [-0.2, 0) is 4.74 Å². The fraction of sp³-hybridized carbons (Fsp3) is 0.600. The van der Waals surface area contributed by atoms with E-state index >= 15 is 0 Å². The largest absolute Gasteiger partial charge is 0.381 e. The van der Waals surface area contributed by atoms with Gasteiger partial charge in [0.2, 0.25) is 0 Å². The summed E-state index contributed by atoms with van der Waals surface area (Å²) in [7, 11) is 0. The summed E-state index contributed by atoms with van der Waals surface area (Å²) < 4.78 is 7.97. The third-order valence-corrected chi connectivity index (χ3v) is 5.09. The lowest BCUT2D eigenvalue weighted by atomic mass is 9.89. The molecule has 0 spiro atoms. The van der Waals surface area contributed by atoms with E-state index in [2.05, 4.69) is 69.0 Å². The average Bonchev–Trinajstić information content (AvgIpc) is 2.42. The molecular formula is C15H21BrINO. The van der Waals surface area contributed by atoms with Crippen molar-refractivity contribution in [3.8, 4) is 0 Å². The molecule has 1 N–H and O–H groups in total. The zero-order valence-electron chi connectivity index (χ0n) is 11.3. The Balaban J connectivity index is 2.11. The standard InChI is InChI=1S/C15H21BrINO/c1-2-18-15(9-11-5-7-19-8-6-11)13-10-12(17)3-4-14(13)16/h3-4,10-11,15,18H,2,5-9H2,1H3. The Morgan fingerprint density at radius 2 is 2.16 bits per heavy atom. The van der Waals surface area contributed by atoms with Gasteiger partial charge in [-0.2, -0.15) is 0 Å². The van der Waals surface area contributed by atoms with E-state index in [0.29, 0.717) is 6.04 Å². The lowest BCUT2D eigenvalue weighted by Crippen LogP contribution is -2.26. The van der Waals surface area contributed by atoms with Crippen LogP contribution in [0.4, 0.5) is 0 Å². The van der Waals surface area contributed by atoms with Crippen LogP contribution in [-0.4, -0.2) is 19.8 Å². The summed E-state index contributed by atoms with van der Waals surface area (Å²) in [6.07, 6.45) is 3.60. The molecule has 1 aliphatic heterocycles. The van der Waals surface area contributed by atoms with E-state index in [1.54, 1.807) is 0 Å². The Morgan fingerprint density at radius 1 is 1.42 bits per heavy atom. The van der Waals surface area contributed by atoms with Crippen LogP contribution in [0.2, 0.25) is 0 Å². The Kier molecular flexibility index (Phi) is 6.59. The highest BCUT2D eigenvalue weighted by Gasteiger charge is 2.21. The minimum atomic E-state index is 0.442. The monoisotopic (exact) mass is 437 g/mol. The molecule has 0 amide bonds. The molecule has 1 saturated heterocycles. The highest BCUT2D eigenvalue weighted by Crippen LogP contribution is 2.32. The van der Waals surface area contributed by atoms with Crippen LogP contribution in [0.3, 0.4) is 0 Å². The molecule has 0 aromatic heterocycles.